The summed E-state index contributed by atoms with van der Waals surface area (Å²) >= 11 is 3.33. The van der Waals surface area contributed by atoms with Crippen molar-refractivity contribution >= 4 is 26.0 Å². The minimum absolute atomic E-state index is 0.142. The summed E-state index contributed by atoms with van der Waals surface area (Å²) in [6.45, 7) is 1.13. The highest BCUT2D eigenvalue weighted by molar-refractivity contribution is 9.10. The second-order valence-corrected chi connectivity index (χ2v) is 6.86. The van der Waals surface area contributed by atoms with E-state index in [2.05, 4.69) is 25.8 Å². The number of sulfonamides is 1. The Hall–Kier alpha value is -1.22. The summed E-state index contributed by atoms with van der Waals surface area (Å²) in [5.74, 6) is 0. The molecule has 0 aliphatic rings. The summed E-state index contributed by atoms with van der Waals surface area (Å²) in [6.07, 6.45) is 2.79. The fraction of sp³-hybridized carbons (Fsp3) is 0.250. The van der Waals surface area contributed by atoms with Gasteiger partial charge in [0.1, 0.15) is 4.90 Å². The molecule has 0 spiro atoms. The fourth-order valence-corrected chi connectivity index (χ4v) is 2.84. The van der Waals surface area contributed by atoms with E-state index in [1.165, 1.54) is 17.1 Å². The van der Waals surface area contributed by atoms with Crippen LogP contribution in [0.2, 0.25) is 0 Å². The van der Waals surface area contributed by atoms with Crippen LogP contribution in [0, 0.1) is 0 Å². The van der Waals surface area contributed by atoms with Crippen molar-refractivity contribution in [3.05, 3.63) is 46.7 Å². The highest BCUT2D eigenvalue weighted by Gasteiger charge is 2.15. The highest BCUT2D eigenvalue weighted by atomic mass is 79.9. The number of nitrogens with zero attached hydrogens (tertiary/aromatic N) is 2. The van der Waals surface area contributed by atoms with E-state index in [1.54, 1.807) is 0 Å². The standard InChI is InChI=1S/C12H15BrN4O2S/c13-11-3-1-10(2-4-11)7-16-20(18,19)12-8-15-17(9-12)6-5-14/h1-4,8-9,16H,5-7,14H2. The Morgan fingerprint density at radius 3 is 2.65 bits per heavy atom. The van der Waals surface area contributed by atoms with E-state index in [0.717, 1.165) is 10.0 Å². The number of aromatic nitrogens is 2. The third-order valence-corrected chi connectivity index (χ3v) is 4.54. The van der Waals surface area contributed by atoms with E-state index in [9.17, 15) is 8.42 Å². The van der Waals surface area contributed by atoms with Crippen LogP contribution in [0.1, 0.15) is 5.56 Å². The van der Waals surface area contributed by atoms with Gasteiger partial charge < -0.3 is 5.73 Å². The quantitative estimate of drug-likeness (QED) is 0.808. The maximum Gasteiger partial charge on any atom is 0.243 e. The average molecular weight is 359 g/mol. The van der Waals surface area contributed by atoms with Crippen molar-refractivity contribution in [2.45, 2.75) is 18.0 Å². The van der Waals surface area contributed by atoms with Crippen LogP contribution >= 0.6 is 15.9 Å². The molecule has 6 nitrogen and oxygen atoms in total. The van der Waals surface area contributed by atoms with Crippen molar-refractivity contribution in [3.8, 4) is 0 Å². The summed E-state index contributed by atoms with van der Waals surface area (Å²) in [6, 6.07) is 7.43. The number of benzene rings is 1. The van der Waals surface area contributed by atoms with Crippen LogP contribution in [0.3, 0.4) is 0 Å². The van der Waals surface area contributed by atoms with Gasteiger partial charge in [0.05, 0.1) is 12.7 Å². The maximum atomic E-state index is 12.1. The summed E-state index contributed by atoms with van der Waals surface area (Å²) in [5.41, 5.74) is 6.28. The number of hydrogen-bond donors (Lipinski definition) is 2. The number of nitrogens with two attached hydrogens (primary N) is 1. The lowest BCUT2D eigenvalue weighted by molar-refractivity contribution is 0.580. The van der Waals surface area contributed by atoms with Gasteiger partial charge in [-0.2, -0.15) is 5.10 Å². The van der Waals surface area contributed by atoms with E-state index in [-0.39, 0.29) is 11.4 Å². The van der Waals surface area contributed by atoms with Gasteiger partial charge in [-0.1, -0.05) is 28.1 Å². The minimum Gasteiger partial charge on any atom is -0.329 e. The first-order valence-corrected chi connectivity index (χ1v) is 8.25. The molecule has 3 N–H and O–H groups in total. The van der Waals surface area contributed by atoms with Gasteiger partial charge in [0.2, 0.25) is 10.0 Å². The van der Waals surface area contributed by atoms with E-state index in [4.69, 9.17) is 5.73 Å². The number of hydrogen-bond acceptors (Lipinski definition) is 4. The van der Waals surface area contributed by atoms with Gasteiger partial charge in [-0.3, -0.25) is 4.68 Å². The summed E-state index contributed by atoms with van der Waals surface area (Å²) in [4.78, 5) is 0.142. The molecule has 0 bridgehead atoms. The highest BCUT2D eigenvalue weighted by Crippen LogP contribution is 2.12. The van der Waals surface area contributed by atoms with Crippen LogP contribution in [0.5, 0.6) is 0 Å². The first-order valence-electron chi connectivity index (χ1n) is 5.98. The molecule has 8 heteroatoms. The average Bonchev–Trinajstić information content (AvgIpc) is 2.88. The molecule has 1 aromatic carbocycles. The largest absolute Gasteiger partial charge is 0.329 e. The Morgan fingerprint density at radius 2 is 2.00 bits per heavy atom. The first-order chi connectivity index (χ1) is 9.51. The minimum atomic E-state index is -3.55. The number of nitrogens with one attached hydrogen (secondary N) is 1. The van der Waals surface area contributed by atoms with Gasteiger partial charge in [-0.25, -0.2) is 13.1 Å². The number of rotatable bonds is 6. The van der Waals surface area contributed by atoms with Crippen LogP contribution in [0.15, 0.2) is 46.0 Å². The zero-order chi connectivity index (χ0) is 14.6. The summed E-state index contributed by atoms with van der Waals surface area (Å²) < 4.78 is 29.2. The molecule has 2 rings (SSSR count). The zero-order valence-electron chi connectivity index (χ0n) is 10.7. The molecular formula is C12H15BrN4O2S. The van der Waals surface area contributed by atoms with Crippen molar-refractivity contribution in [3.63, 3.8) is 0 Å². The maximum absolute atomic E-state index is 12.1. The second-order valence-electron chi connectivity index (χ2n) is 4.18. The third kappa shape index (κ3) is 3.89. The molecule has 0 aliphatic carbocycles. The Bertz CT molecular complexity index is 667. The van der Waals surface area contributed by atoms with Crippen molar-refractivity contribution in [2.24, 2.45) is 5.73 Å². The second kappa shape index (κ2) is 6.49. The molecule has 0 saturated carbocycles. The molecule has 0 radical (unpaired) electrons. The molecule has 20 heavy (non-hydrogen) atoms. The van der Waals surface area contributed by atoms with E-state index in [0.29, 0.717) is 13.1 Å². The van der Waals surface area contributed by atoms with E-state index < -0.39 is 10.0 Å². The van der Waals surface area contributed by atoms with E-state index >= 15 is 0 Å². The van der Waals surface area contributed by atoms with E-state index in [1.807, 2.05) is 24.3 Å². The number of halogens is 1. The lowest BCUT2D eigenvalue weighted by atomic mass is 10.2. The summed E-state index contributed by atoms with van der Waals surface area (Å²) in [5, 5.41) is 3.95. The predicted molar refractivity (Wildman–Crippen MR) is 79.4 cm³/mol. The zero-order valence-corrected chi connectivity index (χ0v) is 13.1. The Labute approximate surface area is 126 Å². The van der Waals surface area contributed by atoms with Crippen LogP contribution in [-0.4, -0.2) is 24.7 Å². The monoisotopic (exact) mass is 358 g/mol. The van der Waals surface area contributed by atoms with Crippen molar-refractivity contribution in [1.82, 2.24) is 14.5 Å². The third-order valence-electron chi connectivity index (χ3n) is 2.66. The van der Waals surface area contributed by atoms with Gasteiger partial charge in [0.15, 0.2) is 0 Å². The molecule has 0 fully saturated rings. The topological polar surface area (TPSA) is 90.0 Å². The van der Waals surface area contributed by atoms with Crippen LogP contribution < -0.4 is 10.5 Å². The molecule has 0 unspecified atom stereocenters. The van der Waals surface area contributed by atoms with Crippen molar-refractivity contribution in [1.29, 1.82) is 0 Å². The predicted octanol–water partition coefficient (Wildman–Crippen LogP) is 1.08. The lowest BCUT2D eigenvalue weighted by Gasteiger charge is -2.05. The molecule has 2 aromatic rings. The van der Waals surface area contributed by atoms with Gasteiger partial charge in [0, 0.05) is 23.8 Å². The normalized spacial score (nSPS) is 11.7. The fourth-order valence-electron chi connectivity index (χ4n) is 1.60. The van der Waals surface area contributed by atoms with Crippen LogP contribution in [-0.2, 0) is 23.1 Å². The Morgan fingerprint density at radius 1 is 1.30 bits per heavy atom. The van der Waals surface area contributed by atoms with Gasteiger partial charge >= 0.3 is 0 Å². The smallest absolute Gasteiger partial charge is 0.243 e. The first kappa shape index (κ1) is 15.2. The SMILES string of the molecule is NCCn1cc(S(=O)(=O)NCc2ccc(Br)cc2)cn1. The molecule has 1 heterocycles. The van der Waals surface area contributed by atoms with Gasteiger partial charge in [-0.05, 0) is 17.7 Å². The molecule has 0 aliphatic heterocycles. The molecule has 0 saturated heterocycles. The summed E-state index contributed by atoms with van der Waals surface area (Å²) in [7, 11) is -3.55. The Balaban J connectivity index is 2.04. The van der Waals surface area contributed by atoms with Crippen molar-refractivity contribution in [2.75, 3.05) is 6.54 Å². The van der Waals surface area contributed by atoms with Crippen molar-refractivity contribution < 1.29 is 8.42 Å². The molecule has 0 atom stereocenters. The molecular weight excluding hydrogens is 344 g/mol. The van der Waals surface area contributed by atoms with Gasteiger partial charge in [0.25, 0.3) is 0 Å². The lowest BCUT2D eigenvalue weighted by Crippen LogP contribution is -2.22. The van der Waals surface area contributed by atoms with Crippen LogP contribution in [0.4, 0.5) is 0 Å². The molecule has 1 aromatic heterocycles. The molecule has 108 valence electrons. The van der Waals surface area contributed by atoms with Crippen LogP contribution in [0.25, 0.3) is 0 Å². The Kier molecular flexibility index (Phi) is 4.92. The molecule has 0 amide bonds. The van der Waals surface area contributed by atoms with Gasteiger partial charge in [-0.15, -0.1) is 0 Å².